The van der Waals surface area contributed by atoms with E-state index in [0.29, 0.717) is 22.4 Å². The number of carboxylic acid groups (broad SMARTS) is 1. The van der Waals surface area contributed by atoms with Gasteiger partial charge in [-0.25, -0.2) is 0 Å². The van der Waals surface area contributed by atoms with Gasteiger partial charge in [-0.1, -0.05) is 41.0 Å². The van der Waals surface area contributed by atoms with E-state index in [1.54, 1.807) is 24.3 Å². The highest BCUT2D eigenvalue weighted by Gasteiger charge is 2.32. The monoisotopic (exact) mass is 451 g/mol. The van der Waals surface area contributed by atoms with E-state index in [2.05, 4.69) is 15.5 Å². The van der Waals surface area contributed by atoms with Crippen LogP contribution in [-0.2, 0) is 16.2 Å². The number of benzene rings is 2. The summed E-state index contributed by atoms with van der Waals surface area (Å²) in [6.45, 7) is 0.354. The van der Waals surface area contributed by atoms with Gasteiger partial charge in [0.15, 0.2) is 5.17 Å². The van der Waals surface area contributed by atoms with Crippen LogP contribution < -0.4 is 10.1 Å². The molecule has 29 heavy (non-hydrogen) atoms. The molecule has 1 saturated heterocycles. The van der Waals surface area contributed by atoms with Crippen molar-refractivity contribution in [1.29, 1.82) is 0 Å². The molecular weight excluding hydrogens is 437 g/mol. The van der Waals surface area contributed by atoms with E-state index in [0.717, 1.165) is 22.9 Å². The summed E-state index contributed by atoms with van der Waals surface area (Å²) in [5.41, 5.74) is 1.69. The van der Waals surface area contributed by atoms with Gasteiger partial charge in [0.25, 0.3) is 0 Å². The van der Waals surface area contributed by atoms with Crippen LogP contribution >= 0.6 is 35.0 Å². The summed E-state index contributed by atoms with van der Waals surface area (Å²) >= 11 is 12.9. The van der Waals surface area contributed by atoms with Crippen molar-refractivity contribution in [3.63, 3.8) is 0 Å². The highest BCUT2D eigenvalue weighted by molar-refractivity contribution is 8.15. The standard InChI is InChI=1S/C19H15Cl2N3O4S/c20-14-6-3-12(7-15(14)21)10-28-13-4-1-11(2-5-13)9-22-24-19-23-18(27)16(29-19)8-17(25)26/h1-7,9,16H,8,10H2,(H,25,26)(H,23,24,27)/b22-9-/t16-/m1/s1. The lowest BCUT2D eigenvalue weighted by atomic mass is 10.2. The molecule has 1 atom stereocenters. The summed E-state index contributed by atoms with van der Waals surface area (Å²) in [4.78, 5) is 22.3. The fourth-order valence-electron chi connectivity index (χ4n) is 2.34. The largest absolute Gasteiger partial charge is 0.489 e. The first-order chi connectivity index (χ1) is 13.9. The van der Waals surface area contributed by atoms with Crippen molar-refractivity contribution < 1.29 is 19.4 Å². The van der Waals surface area contributed by atoms with Gasteiger partial charge in [0.2, 0.25) is 5.91 Å². The van der Waals surface area contributed by atoms with Gasteiger partial charge in [-0.05, 0) is 47.5 Å². The maximum atomic E-state index is 11.6. The number of carbonyl (C=O) groups excluding carboxylic acids is 1. The van der Waals surface area contributed by atoms with Crippen LogP contribution in [0.2, 0.25) is 10.0 Å². The normalized spacial score (nSPS) is 17.7. The number of amides is 1. The van der Waals surface area contributed by atoms with Gasteiger partial charge >= 0.3 is 5.97 Å². The number of carboxylic acids is 1. The lowest BCUT2D eigenvalue weighted by molar-refractivity contribution is -0.138. The number of thioether (sulfide) groups is 1. The Balaban J connectivity index is 1.53. The number of halogens is 2. The smallest absolute Gasteiger partial charge is 0.305 e. The van der Waals surface area contributed by atoms with E-state index in [4.69, 9.17) is 33.0 Å². The first-order valence-corrected chi connectivity index (χ1v) is 10.0. The van der Waals surface area contributed by atoms with Gasteiger partial charge < -0.3 is 15.2 Å². The molecule has 7 nitrogen and oxygen atoms in total. The van der Waals surface area contributed by atoms with Crippen LogP contribution in [0, 0.1) is 0 Å². The lowest BCUT2D eigenvalue weighted by Gasteiger charge is -2.07. The summed E-state index contributed by atoms with van der Waals surface area (Å²) in [7, 11) is 0. The molecule has 1 aliphatic heterocycles. The molecule has 1 aliphatic rings. The molecule has 0 bridgehead atoms. The molecule has 2 aromatic carbocycles. The summed E-state index contributed by atoms with van der Waals surface area (Å²) < 4.78 is 5.71. The third kappa shape index (κ3) is 6.22. The van der Waals surface area contributed by atoms with Crippen LogP contribution in [-0.4, -0.2) is 33.6 Å². The molecule has 150 valence electrons. The second-order valence-corrected chi connectivity index (χ2v) is 7.96. The molecule has 3 rings (SSSR count). The maximum Gasteiger partial charge on any atom is 0.305 e. The summed E-state index contributed by atoms with van der Waals surface area (Å²) in [5.74, 6) is -0.742. The molecule has 0 aliphatic carbocycles. The second-order valence-electron chi connectivity index (χ2n) is 5.95. The van der Waals surface area contributed by atoms with E-state index < -0.39 is 11.2 Å². The van der Waals surface area contributed by atoms with Crippen molar-refractivity contribution in [3.8, 4) is 5.75 Å². The minimum Gasteiger partial charge on any atom is -0.489 e. The minimum atomic E-state index is -1.04. The third-order valence-electron chi connectivity index (χ3n) is 3.76. The number of carbonyl (C=O) groups is 2. The van der Waals surface area contributed by atoms with Crippen molar-refractivity contribution >= 4 is 58.2 Å². The van der Waals surface area contributed by atoms with Crippen LogP contribution in [0.3, 0.4) is 0 Å². The quantitative estimate of drug-likeness (QED) is 0.489. The van der Waals surface area contributed by atoms with Crippen LogP contribution in [0.15, 0.2) is 52.7 Å². The number of amidine groups is 1. The molecule has 0 unspecified atom stereocenters. The van der Waals surface area contributed by atoms with Crippen molar-refractivity contribution in [2.45, 2.75) is 18.3 Å². The molecule has 1 heterocycles. The van der Waals surface area contributed by atoms with Gasteiger partial charge in [-0.2, -0.15) is 5.10 Å². The summed E-state index contributed by atoms with van der Waals surface area (Å²) in [6, 6.07) is 12.5. The molecule has 1 amide bonds. The highest BCUT2D eigenvalue weighted by atomic mass is 35.5. The molecule has 2 aromatic rings. The Labute approximate surface area is 180 Å². The molecule has 0 aromatic heterocycles. The first kappa shape index (κ1) is 21.2. The Hall–Kier alpha value is -2.55. The Morgan fingerprint density at radius 3 is 2.66 bits per heavy atom. The zero-order chi connectivity index (χ0) is 20.8. The Morgan fingerprint density at radius 2 is 1.97 bits per heavy atom. The van der Waals surface area contributed by atoms with Crippen LogP contribution in [0.4, 0.5) is 0 Å². The topological polar surface area (TPSA) is 100 Å². The lowest BCUT2D eigenvalue weighted by Crippen LogP contribution is -2.26. The highest BCUT2D eigenvalue weighted by Crippen LogP contribution is 2.24. The zero-order valence-corrected chi connectivity index (χ0v) is 17.2. The van der Waals surface area contributed by atoms with Crippen molar-refractivity contribution in [2.24, 2.45) is 10.2 Å². The number of nitrogens with one attached hydrogen (secondary N) is 1. The van der Waals surface area contributed by atoms with Gasteiger partial charge in [0, 0.05) is 0 Å². The predicted octanol–water partition coefficient (Wildman–Crippen LogP) is 3.97. The number of aliphatic carboxylic acids is 1. The number of hydrogen-bond acceptors (Lipinski definition) is 6. The predicted molar refractivity (Wildman–Crippen MR) is 114 cm³/mol. The van der Waals surface area contributed by atoms with Crippen LogP contribution in [0.5, 0.6) is 5.75 Å². The Morgan fingerprint density at radius 1 is 1.21 bits per heavy atom. The number of ether oxygens (including phenoxy) is 1. The molecular formula is C19H15Cl2N3O4S. The van der Waals surface area contributed by atoms with E-state index in [1.807, 2.05) is 18.2 Å². The second kappa shape index (κ2) is 9.78. The van der Waals surface area contributed by atoms with Gasteiger partial charge in [-0.15, -0.1) is 5.10 Å². The first-order valence-electron chi connectivity index (χ1n) is 8.38. The average Bonchev–Trinajstić information content (AvgIpc) is 3.02. The van der Waals surface area contributed by atoms with Gasteiger partial charge in [0.05, 0.1) is 22.7 Å². The molecule has 2 N–H and O–H groups in total. The van der Waals surface area contributed by atoms with Gasteiger partial charge in [0.1, 0.15) is 17.6 Å². The third-order valence-corrected chi connectivity index (χ3v) is 5.57. The summed E-state index contributed by atoms with van der Waals surface area (Å²) in [5, 5.41) is 19.7. The van der Waals surface area contributed by atoms with E-state index >= 15 is 0 Å². The van der Waals surface area contributed by atoms with Crippen LogP contribution in [0.1, 0.15) is 17.5 Å². The van der Waals surface area contributed by atoms with E-state index in [9.17, 15) is 9.59 Å². The number of hydrogen-bond donors (Lipinski definition) is 2. The molecule has 0 radical (unpaired) electrons. The summed E-state index contributed by atoms with van der Waals surface area (Å²) in [6.07, 6.45) is 1.26. The zero-order valence-electron chi connectivity index (χ0n) is 14.8. The van der Waals surface area contributed by atoms with Crippen molar-refractivity contribution in [3.05, 3.63) is 63.6 Å². The molecule has 0 saturated carbocycles. The number of nitrogens with zero attached hydrogens (tertiary/aromatic N) is 2. The minimum absolute atomic E-state index is 0.261. The fraction of sp³-hybridized carbons (Fsp3) is 0.158. The van der Waals surface area contributed by atoms with Crippen molar-refractivity contribution in [1.82, 2.24) is 5.32 Å². The van der Waals surface area contributed by atoms with E-state index in [1.165, 1.54) is 6.21 Å². The Kier molecular flexibility index (Phi) is 7.13. The van der Waals surface area contributed by atoms with E-state index in [-0.39, 0.29) is 17.5 Å². The Bertz CT molecular complexity index is 980. The number of rotatable bonds is 7. The average molecular weight is 452 g/mol. The van der Waals surface area contributed by atoms with Gasteiger partial charge in [-0.3, -0.25) is 9.59 Å². The molecule has 1 fully saturated rings. The molecule has 10 heteroatoms. The SMILES string of the molecule is O=C(O)C[C@H]1S/C(=N\N=C/c2ccc(OCc3ccc(Cl)c(Cl)c3)cc2)NC1=O. The van der Waals surface area contributed by atoms with Crippen molar-refractivity contribution in [2.75, 3.05) is 0 Å². The molecule has 0 spiro atoms. The maximum absolute atomic E-state index is 11.6. The fourth-order valence-corrected chi connectivity index (χ4v) is 3.58. The van der Waals surface area contributed by atoms with Crippen LogP contribution in [0.25, 0.3) is 0 Å².